The molecule has 0 fully saturated rings. The zero-order chi connectivity index (χ0) is 14.7. The number of aliphatic carboxylic acids is 1. The maximum absolute atomic E-state index is 11.4. The van der Waals surface area contributed by atoms with Crippen LogP contribution < -0.4 is 5.32 Å². The number of fused-ring (bicyclic) bond motifs is 1. The van der Waals surface area contributed by atoms with Crippen LogP contribution in [0.5, 0.6) is 0 Å². The number of carboxylic acid groups (broad SMARTS) is 1. The largest absolute Gasteiger partial charge is 0.480 e. The van der Waals surface area contributed by atoms with E-state index in [0.29, 0.717) is 11.6 Å². The molecule has 1 atom stereocenters. The van der Waals surface area contributed by atoms with Crippen LogP contribution in [0, 0.1) is 0 Å². The number of rotatable bonds is 5. The molecule has 4 nitrogen and oxygen atoms in total. The number of aromatic nitrogens is 1. The molecule has 0 aliphatic rings. The summed E-state index contributed by atoms with van der Waals surface area (Å²) in [4.78, 5) is 15.9. The second-order valence-corrected chi connectivity index (χ2v) is 5.74. The van der Waals surface area contributed by atoms with Crippen molar-refractivity contribution >= 4 is 32.7 Å². The monoisotopic (exact) mass is 298 g/mol. The Morgan fingerprint density at radius 1 is 1.14 bits per heavy atom. The van der Waals surface area contributed by atoms with Crippen LogP contribution in [0.25, 0.3) is 10.2 Å². The summed E-state index contributed by atoms with van der Waals surface area (Å²) >= 11 is 1.47. The third-order valence-electron chi connectivity index (χ3n) is 3.17. The lowest BCUT2D eigenvalue weighted by Crippen LogP contribution is -2.31. The summed E-state index contributed by atoms with van der Waals surface area (Å²) in [7, 11) is 0. The van der Waals surface area contributed by atoms with E-state index >= 15 is 0 Å². The number of anilines is 1. The van der Waals surface area contributed by atoms with Gasteiger partial charge in [0.05, 0.1) is 10.2 Å². The number of carbonyl (C=O) groups is 1. The van der Waals surface area contributed by atoms with Crippen LogP contribution in [-0.2, 0) is 11.2 Å². The molecule has 0 aliphatic heterocycles. The minimum absolute atomic E-state index is 0.423. The first-order valence-electron chi connectivity index (χ1n) is 6.61. The molecule has 0 saturated heterocycles. The second-order valence-electron chi connectivity index (χ2n) is 4.71. The topological polar surface area (TPSA) is 62.2 Å². The standard InChI is InChI=1S/C16H14N2O2S/c19-15(20)13(10-11-6-2-1-3-7-11)18-16-17-12-8-4-5-9-14(12)21-16/h1-9,13H,10H2,(H,17,18)(H,19,20)/t13-/m1/s1. The van der Waals surface area contributed by atoms with Crippen LogP contribution in [-0.4, -0.2) is 22.1 Å². The van der Waals surface area contributed by atoms with Gasteiger partial charge in [0.15, 0.2) is 5.13 Å². The average molecular weight is 298 g/mol. The second kappa shape index (κ2) is 5.93. The van der Waals surface area contributed by atoms with E-state index in [1.165, 1.54) is 11.3 Å². The predicted octanol–water partition coefficient (Wildman–Crippen LogP) is 3.40. The highest BCUT2D eigenvalue weighted by Gasteiger charge is 2.19. The van der Waals surface area contributed by atoms with E-state index in [4.69, 9.17) is 0 Å². The lowest BCUT2D eigenvalue weighted by molar-refractivity contribution is -0.137. The molecule has 0 saturated carbocycles. The quantitative estimate of drug-likeness (QED) is 0.758. The number of hydrogen-bond donors (Lipinski definition) is 2. The molecule has 21 heavy (non-hydrogen) atoms. The summed E-state index contributed by atoms with van der Waals surface area (Å²) in [6, 6.07) is 16.7. The Morgan fingerprint density at radius 2 is 1.86 bits per heavy atom. The van der Waals surface area contributed by atoms with Gasteiger partial charge in [-0.05, 0) is 17.7 Å². The minimum atomic E-state index is -0.877. The number of hydrogen-bond acceptors (Lipinski definition) is 4. The van der Waals surface area contributed by atoms with E-state index in [1.54, 1.807) is 0 Å². The van der Waals surface area contributed by atoms with Crippen molar-refractivity contribution < 1.29 is 9.90 Å². The molecule has 2 N–H and O–H groups in total. The number of nitrogens with zero attached hydrogens (tertiary/aromatic N) is 1. The zero-order valence-corrected chi connectivity index (χ0v) is 12.0. The lowest BCUT2D eigenvalue weighted by Gasteiger charge is -2.13. The normalized spacial score (nSPS) is 12.2. The Kier molecular flexibility index (Phi) is 3.83. The molecule has 3 rings (SSSR count). The molecule has 1 heterocycles. The van der Waals surface area contributed by atoms with E-state index in [0.717, 1.165) is 15.8 Å². The molecule has 106 valence electrons. The van der Waals surface area contributed by atoms with E-state index < -0.39 is 12.0 Å². The number of nitrogens with one attached hydrogen (secondary N) is 1. The van der Waals surface area contributed by atoms with Crippen molar-refractivity contribution in [3.8, 4) is 0 Å². The number of para-hydroxylation sites is 1. The van der Waals surface area contributed by atoms with Gasteiger partial charge in [0.2, 0.25) is 0 Å². The fourth-order valence-corrected chi connectivity index (χ4v) is 3.05. The van der Waals surface area contributed by atoms with Gasteiger partial charge in [-0.25, -0.2) is 9.78 Å². The molecule has 3 aromatic rings. The summed E-state index contributed by atoms with van der Waals surface area (Å²) in [6.45, 7) is 0. The van der Waals surface area contributed by atoms with Gasteiger partial charge in [-0.15, -0.1) is 0 Å². The Hall–Kier alpha value is -2.40. The maximum Gasteiger partial charge on any atom is 0.326 e. The summed E-state index contributed by atoms with van der Waals surface area (Å²) in [5.74, 6) is -0.877. The van der Waals surface area contributed by atoms with Crippen molar-refractivity contribution in [3.05, 3.63) is 60.2 Å². The first-order chi connectivity index (χ1) is 10.2. The third-order valence-corrected chi connectivity index (χ3v) is 4.14. The highest BCUT2D eigenvalue weighted by Crippen LogP contribution is 2.26. The SMILES string of the molecule is O=C(O)[C@@H](Cc1ccccc1)Nc1nc2ccccc2s1. The molecular formula is C16H14N2O2S. The van der Waals surface area contributed by atoms with E-state index in [-0.39, 0.29) is 0 Å². The van der Waals surface area contributed by atoms with Crippen molar-refractivity contribution in [3.63, 3.8) is 0 Å². The lowest BCUT2D eigenvalue weighted by atomic mass is 10.1. The summed E-state index contributed by atoms with van der Waals surface area (Å²) in [5, 5.41) is 13.0. The van der Waals surface area contributed by atoms with Crippen molar-refractivity contribution in [2.24, 2.45) is 0 Å². The molecule has 0 aliphatic carbocycles. The first kappa shape index (κ1) is 13.6. The summed E-state index contributed by atoms with van der Waals surface area (Å²) in [6.07, 6.45) is 0.423. The fraction of sp³-hybridized carbons (Fsp3) is 0.125. The fourth-order valence-electron chi connectivity index (χ4n) is 2.13. The van der Waals surface area contributed by atoms with Gasteiger partial charge in [-0.2, -0.15) is 0 Å². The molecule has 0 unspecified atom stereocenters. The van der Waals surface area contributed by atoms with Crippen molar-refractivity contribution in [2.75, 3.05) is 5.32 Å². The molecule has 0 bridgehead atoms. The van der Waals surface area contributed by atoms with Gasteiger partial charge in [-0.3, -0.25) is 0 Å². The van der Waals surface area contributed by atoms with Crippen LogP contribution in [0.2, 0.25) is 0 Å². The van der Waals surface area contributed by atoms with Crippen LogP contribution >= 0.6 is 11.3 Å². The van der Waals surface area contributed by atoms with Crippen LogP contribution in [0.4, 0.5) is 5.13 Å². The van der Waals surface area contributed by atoms with Gasteiger partial charge >= 0.3 is 5.97 Å². The zero-order valence-electron chi connectivity index (χ0n) is 11.2. The highest BCUT2D eigenvalue weighted by molar-refractivity contribution is 7.22. The van der Waals surface area contributed by atoms with Crippen LogP contribution in [0.1, 0.15) is 5.56 Å². The molecule has 1 aromatic heterocycles. The Bertz CT molecular complexity index is 722. The molecule has 5 heteroatoms. The van der Waals surface area contributed by atoms with Gasteiger partial charge < -0.3 is 10.4 Å². The smallest absolute Gasteiger partial charge is 0.326 e. The molecule has 2 aromatic carbocycles. The van der Waals surface area contributed by atoms with Gasteiger partial charge in [-0.1, -0.05) is 53.8 Å². The van der Waals surface area contributed by atoms with Gasteiger partial charge in [0, 0.05) is 6.42 Å². The summed E-state index contributed by atoms with van der Waals surface area (Å²) in [5.41, 5.74) is 1.87. The first-order valence-corrected chi connectivity index (χ1v) is 7.43. The highest BCUT2D eigenvalue weighted by atomic mass is 32.1. The van der Waals surface area contributed by atoms with E-state index in [1.807, 2.05) is 54.6 Å². The number of carboxylic acids is 1. The molecule has 0 amide bonds. The van der Waals surface area contributed by atoms with E-state index in [2.05, 4.69) is 10.3 Å². The average Bonchev–Trinajstić information content (AvgIpc) is 2.90. The number of thiazole rings is 1. The molecule has 0 spiro atoms. The predicted molar refractivity (Wildman–Crippen MR) is 84.8 cm³/mol. The third kappa shape index (κ3) is 3.20. The van der Waals surface area contributed by atoms with Crippen molar-refractivity contribution in [1.82, 2.24) is 4.98 Å². The Morgan fingerprint density at radius 3 is 2.57 bits per heavy atom. The van der Waals surface area contributed by atoms with Gasteiger partial charge in [0.1, 0.15) is 6.04 Å². The van der Waals surface area contributed by atoms with Crippen molar-refractivity contribution in [2.45, 2.75) is 12.5 Å². The maximum atomic E-state index is 11.4. The van der Waals surface area contributed by atoms with Crippen molar-refractivity contribution in [1.29, 1.82) is 0 Å². The summed E-state index contributed by atoms with van der Waals surface area (Å²) < 4.78 is 1.05. The number of benzene rings is 2. The van der Waals surface area contributed by atoms with E-state index in [9.17, 15) is 9.90 Å². The van der Waals surface area contributed by atoms with Crippen LogP contribution in [0.15, 0.2) is 54.6 Å². The minimum Gasteiger partial charge on any atom is -0.480 e. The van der Waals surface area contributed by atoms with Gasteiger partial charge in [0.25, 0.3) is 0 Å². The molecule has 0 radical (unpaired) electrons. The Labute approximate surface area is 126 Å². The molecular weight excluding hydrogens is 284 g/mol. The van der Waals surface area contributed by atoms with Crippen LogP contribution in [0.3, 0.4) is 0 Å². The Balaban J connectivity index is 1.80.